The van der Waals surface area contributed by atoms with Crippen LogP contribution in [0.25, 0.3) is 5.70 Å². The molecule has 9 heteroatoms. The molecular weight excluding hydrogens is 667 g/mol. The predicted molar refractivity (Wildman–Crippen MR) is 216 cm³/mol. The summed E-state index contributed by atoms with van der Waals surface area (Å²) in [6, 6.07) is 24.2. The summed E-state index contributed by atoms with van der Waals surface area (Å²) in [5, 5.41) is 0. The number of nitrogens with zero attached hydrogens (tertiary/aromatic N) is 4. The van der Waals surface area contributed by atoms with Crippen LogP contribution in [0.15, 0.2) is 73.3 Å². The molecule has 3 saturated heterocycles. The Morgan fingerprint density at radius 1 is 0.923 bits per heavy atom. The lowest BCUT2D eigenvalue weighted by Gasteiger charge is -2.51. The van der Waals surface area contributed by atoms with Gasteiger partial charge in [-0.15, -0.1) is 0 Å². The van der Waals surface area contributed by atoms with Gasteiger partial charge in [0, 0.05) is 86.3 Å². The van der Waals surface area contributed by atoms with E-state index in [2.05, 4.69) is 114 Å². The second kappa shape index (κ2) is 16.1. The first-order chi connectivity index (χ1) is 24.9. The highest BCUT2D eigenvalue weighted by Gasteiger charge is 2.39. The average molecular weight is 726 g/mol. The average Bonchev–Trinajstić information content (AvgIpc) is 3.14. The third-order valence-electron chi connectivity index (χ3n) is 11.9. The van der Waals surface area contributed by atoms with Crippen LogP contribution in [0, 0.1) is 13.8 Å². The Hall–Kier alpha value is -3.66. The fourth-order valence-electron chi connectivity index (χ4n) is 8.66. The number of hydrogen-bond donors (Lipinski definition) is 1. The Balaban J connectivity index is 1.10. The first kappa shape index (κ1) is 38.1. The summed E-state index contributed by atoms with van der Waals surface area (Å²) >= 11 is 0. The van der Waals surface area contributed by atoms with E-state index in [0.29, 0.717) is 32.3 Å². The molecule has 1 amide bonds. The Morgan fingerprint density at radius 3 is 2.10 bits per heavy atom. The van der Waals surface area contributed by atoms with E-state index in [1.807, 2.05) is 18.7 Å². The summed E-state index contributed by atoms with van der Waals surface area (Å²) in [6.07, 6.45) is 6.10. The fraction of sp³-hybridized carbons (Fsp3) is 0.512. The molecule has 0 saturated carbocycles. The molecule has 0 aliphatic carbocycles. The molecule has 52 heavy (non-hydrogen) atoms. The van der Waals surface area contributed by atoms with Gasteiger partial charge in [0.15, 0.2) is 0 Å². The summed E-state index contributed by atoms with van der Waals surface area (Å²) in [5.74, 6) is 0.171. The second-order valence-corrected chi connectivity index (χ2v) is 17.0. The highest BCUT2D eigenvalue weighted by Crippen LogP contribution is 2.37. The van der Waals surface area contributed by atoms with Gasteiger partial charge in [-0.1, -0.05) is 49.0 Å². The third kappa shape index (κ3) is 8.42. The predicted octanol–water partition coefficient (Wildman–Crippen LogP) is 7.14. The number of piperidine rings is 2. The smallest absolute Gasteiger partial charge is 0.232 e. The number of morpholine rings is 1. The summed E-state index contributed by atoms with van der Waals surface area (Å²) in [4.78, 5) is 23.3. The molecule has 8 nitrogen and oxygen atoms in total. The van der Waals surface area contributed by atoms with E-state index in [1.54, 1.807) is 6.26 Å². The van der Waals surface area contributed by atoms with Gasteiger partial charge in [0.1, 0.15) is 11.0 Å². The molecule has 6 rings (SSSR count). The zero-order chi connectivity index (χ0) is 37.0. The van der Waals surface area contributed by atoms with Gasteiger partial charge in [0.05, 0.1) is 18.6 Å². The van der Waals surface area contributed by atoms with E-state index >= 15 is 0 Å². The fourth-order valence-corrected chi connectivity index (χ4v) is 9.11. The Labute approximate surface area is 314 Å². The van der Waals surface area contributed by atoms with E-state index in [1.165, 1.54) is 16.8 Å². The van der Waals surface area contributed by atoms with Gasteiger partial charge >= 0.3 is 0 Å². The molecule has 3 aromatic rings. The molecule has 280 valence electrons. The number of ether oxygens (including phenoxy) is 1. The van der Waals surface area contributed by atoms with Crippen molar-refractivity contribution in [3.8, 4) is 0 Å². The Bertz CT molecular complexity index is 1700. The van der Waals surface area contributed by atoms with Crippen molar-refractivity contribution in [1.29, 1.82) is 0 Å². The Kier molecular flexibility index (Phi) is 11.8. The molecule has 3 heterocycles. The first-order valence-corrected chi connectivity index (χ1v) is 20.6. The second-order valence-electron chi connectivity index (χ2n) is 15.9. The molecule has 1 unspecified atom stereocenters. The molecule has 0 bridgehead atoms. The van der Waals surface area contributed by atoms with E-state index < -0.39 is 16.4 Å². The van der Waals surface area contributed by atoms with Gasteiger partial charge in [0.2, 0.25) is 5.91 Å². The summed E-state index contributed by atoms with van der Waals surface area (Å²) in [7, 11) is -1.10. The molecule has 1 N–H and O–H groups in total. The van der Waals surface area contributed by atoms with Crippen LogP contribution in [0.2, 0.25) is 0 Å². The third-order valence-corrected chi connectivity index (χ3v) is 12.4. The molecule has 0 radical (unpaired) electrons. The van der Waals surface area contributed by atoms with Crippen molar-refractivity contribution in [2.45, 2.75) is 83.8 Å². The zero-order valence-electron chi connectivity index (χ0n) is 32.2. The number of benzene rings is 3. The van der Waals surface area contributed by atoms with Crippen LogP contribution in [0.5, 0.6) is 0 Å². The molecule has 3 aliphatic rings. The lowest BCUT2D eigenvalue weighted by molar-refractivity contribution is -0.140. The first-order valence-electron chi connectivity index (χ1n) is 19.0. The van der Waals surface area contributed by atoms with E-state index in [0.717, 1.165) is 86.5 Å². The van der Waals surface area contributed by atoms with E-state index in [4.69, 9.17) is 4.74 Å². The maximum Gasteiger partial charge on any atom is 0.232 e. The van der Waals surface area contributed by atoms with Crippen LogP contribution in [-0.4, -0.2) is 95.1 Å². The lowest BCUT2D eigenvalue weighted by atomic mass is 9.82. The minimum atomic E-state index is -1.10. The Morgan fingerprint density at radius 2 is 1.52 bits per heavy atom. The van der Waals surface area contributed by atoms with Gasteiger partial charge in [-0.3, -0.25) is 9.69 Å². The van der Waals surface area contributed by atoms with Gasteiger partial charge < -0.3 is 24.2 Å². The number of likely N-dealkylation sites (tertiary alicyclic amines) is 2. The molecule has 3 fully saturated rings. The quantitative estimate of drug-likeness (QED) is 0.227. The van der Waals surface area contributed by atoms with Crippen LogP contribution >= 0.6 is 0 Å². The SMILES string of the molecule is C=C(c1c(C)cc(NS(C)=O)cc1C)N1CCC(C)(N2CCC(N(Cc3ccccc3)c3ccc(C(C)(C)C(=O)N4CCOCC4)cc3)CC2)CC1. The zero-order valence-corrected chi connectivity index (χ0v) is 33.1. The van der Waals surface area contributed by atoms with Crippen LogP contribution in [0.4, 0.5) is 11.4 Å². The molecular formula is C43H59N5O3S. The number of amides is 1. The number of carbonyl (C=O) groups is 1. The van der Waals surface area contributed by atoms with Crippen molar-refractivity contribution in [3.63, 3.8) is 0 Å². The minimum Gasteiger partial charge on any atom is -0.378 e. The summed E-state index contributed by atoms with van der Waals surface area (Å²) in [5.41, 5.74) is 8.66. The molecule has 3 aliphatic heterocycles. The highest BCUT2D eigenvalue weighted by atomic mass is 32.2. The summed E-state index contributed by atoms with van der Waals surface area (Å²) in [6.45, 7) is 22.9. The lowest BCUT2D eigenvalue weighted by Crippen LogP contribution is -2.57. The van der Waals surface area contributed by atoms with Crippen molar-refractivity contribution < 1.29 is 13.7 Å². The van der Waals surface area contributed by atoms with Crippen molar-refractivity contribution in [2.75, 3.05) is 68.4 Å². The molecule has 0 aromatic heterocycles. The van der Waals surface area contributed by atoms with E-state index in [-0.39, 0.29) is 11.4 Å². The van der Waals surface area contributed by atoms with Gasteiger partial charge in [-0.05, 0) is 107 Å². The number of carbonyl (C=O) groups excluding carboxylic acids is 1. The van der Waals surface area contributed by atoms with Crippen molar-refractivity contribution >= 4 is 34.0 Å². The van der Waals surface area contributed by atoms with Crippen LogP contribution in [0.1, 0.15) is 74.3 Å². The molecule has 1 atom stereocenters. The normalized spacial score (nSPS) is 19.3. The number of aryl methyl sites for hydroxylation is 2. The number of hydrogen-bond acceptors (Lipinski definition) is 6. The highest BCUT2D eigenvalue weighted by molar-refractivity contribution is 7.85. The standard InChI is InChI=1S/C43H59N5O3S/c1-32-29-37(44-52(7)50)30-33(2)40(32)34(3)45-23-19-43(6,20-24-45)47-21-17-39(18-22-47)48(31-35-11-9-8-10-12-35)38-15-13-36(14-16-38)42(4,5)41(49)46-25-27-51-28-26-46/h8-16,29-30,39,44H,3,17-28,31H2,1-2,4-7H3. The van der Waals surface area contributed by atoms with E-state index in [9.17, 15) is 9.00 Å². The van der Waals surface area contributed by atoms with Crippen LogP contribution in [0.3, 0.4) is 0 Å². The van der Waals surface area contributed by atoms with Gasteiger partial charge in [-0.2, -0.15) is 0 Å². The minimum absolute atomic E-state index is 0.162. The van der Waals surface area contributed by atoms with Gasteiger partial charge in [0.25, 0.3) is 0 Å². The van der Waals surface area contributed by atoms with Crippen LogP contribution < -0.4 is 9.62 Å². The number of rotatable bonds is 11. The molecule has 0 spiro atoms. The maximum atomic E-state index is 13.5. The molecule has 3 aromatic carbocycles. The topological polar surface area (TPSA) is 68.4 Å². The summed E-state index contributed by atoms with van der Waals surface area (Å²) < 4.78 is 20.3. The number of anilines is 2. The largest absolute Gasteiger partial charge is 0.378 e. The van der Waals surface area contributed by atoms with Crippen molar-refractivity contribution in [3.05, 3.63) is 101 Å². The van der Waals surface area contributed by atoms with Crippen molar-refractivity contribution in [1.82, 2.24) is 14.7 Å². The number of nitrogens with one attached hydrogen (secondary N) is 1. The maximum absolute atomic E-state index is 13.5. The monoisotopic (exact) mass is 725 g/mol. The van der Waals surface area contributed by atoms with Gasteiger partial charge in [-0.25, -0.2) is 4.21 Å². The van der Waals surface area contributed by atoms with Crippen molar-refractivity contribution in [2.24, 2.45) is 0 Å². The van der Waals surface area contributed by atoms with Crippen LogP contribution in [-0.2, 0) is 32.5 Å².